The van der Waals surface area contributed by atoms with E-state index in [0.29, 0.717) is 24.3 Å². The number of carbonyl (C=O) groups excluding carboxylic acids is 1. The van der Waals surface area contributed by atoms with Crippen molar-refractivity contribution in [3.8, 4) is 0 Å². The van der Waals surface area contributed by atoms with Crippen molar-refractivity contribution in [1.82, 2.24) is 9.62 Å². The molecular weight excluding hydrogens is 432 g/mol. The quantitative estimate of drug-likeness (QED) is 0.461. The molecule has 1 aliphatic rings. The van der Waals surface area contributed by atoms with E-state index in [1.165, 1.54) is 6.07 Å². The van der Waals surface area contributed by atoms with Gasteiger partial charge < -0.3 is 5.32 Å². The first-order valence-electron chi connectivity index (χ1n) is 10.5. The van der Waals surface area contributed by atoms with Gasteiger partial charge in [-0.25, -0.2) is 13.1 Å². The molecule has 0 aromatic heterocycles. The molecule has 2 N–H and O–H groups in total. The molecule has 1 aliphatic heterocycles. The third-order valence-electron chi connectivity index (χ3n) is 5.55. The minimum Gasteiger partial charge on any atom is -0.325 e. The highest BCUT2D eigenvalue weighted by atomic mass is 32.2. The fourth-order valence-corrected chi connectivity index (χ4v) is 4.89. The van der Waals surface area contributed by atoms with Gasteiger partial charge in [0.25, 0.3) is 5.69 Å². The highest BCUT2D eigenvalue weighted by Crippen LogP contribution is 2.22. The number of nitrogens with one attached hydrogen (secondary N) is 2. The monoisotopic (exact) mass is 460 g/mol. The Morgan fingerprint density at radius 1 is 1.19 bits per heavy atom. The first-order chi connectivity index (χ1) is 15.1. The molecule has 32 heavy (non-hydrogen) atoms. The number of nitro benzene ring substituents is 1. The van der Waals surface area contributed by atoms with Crippen LogP contribution >= 0.6 is 0 Å². The van der Waals surface area contributed by atoms with E-state index in [2.05, 4.69) is 10.0 Å². The van der Waals surface area contributed by atoms with Crippen molar-refractivity contribution in [2.24, 2.45) is 5.92 Å². The van der Waals surface area contributed by atoms with Crippen LogP contribution in [-0.2, 0) is 14.8 Å². The molecule has 0 aliphatic carbocycles. The summed E-state index contributed by atoms with van der Waals surface area (Å²) >= 11 is 0. The molecule has 1 atom stereocenters. The summed E-state index contributed by atoms with van der Waals surface area (Å²) in [4.78, 5) is 25.3. The summed E-state index contributed by atoms with van der Waals surface area (Å²) in [6.45, 7) is 5.32. The summed E-state index contributed by atoms with van der Waals surface area (Å²) in [5.74, 6) is -0.165. The van der Waals surface area contributed by atoms with Gasteiger partial charge in [0.05, 0.1) is 16.4 Å². The zero-order valence-corrected chi connectivity index (χ0v) is 19.0. The summed E-state index contributed by atoms with van der Waals surface area (Å²) in [6.07, 6.45) is 1.74. The second kappa shape index (κ2) is 10.2. The Balaban J connectivity index is 1.52. The molecule has 1 amide bonds. The van der Waals surface area contributed by atoms with Gasteiger partial charge in [-0.05, 0) is 57.4 Å². The van der Waals surface area contributed by atoms with E-state index in [1.54, 1.807) is 43.3 Å². The van der Waals surface area contributed by atoms with E-state index in [4.69, 9.17) is 0 Å². The van der Waals surface area contributed by atoms with Gasteiger partial charge in [-0.3, -0.25) is 19.8 Å². The molecule has 0 bridgehead atoms. The normalized spacial score (nSPS) is 17.1. The van der Waals surface area contributed by atoms with Crippen molar-refractivity contribution in [3.63, 3.8) is 0 Å². The van der Waals surface area contributed by atoms with Gasteiger partial charge in [-0.1, -0.05) is 23.8 Å². The van der Waals surface area contributed by atoms with Gasteiger partial charge >= 0.3 is 0 Å². The molecule has 0 spiro atoms. The van der Waals surface area contributed by atoms with E-state index in [0.717, 1.165) is 24.9 Å². The fraction of sp³-hybridized carbons (Fsp3) is 0.409. The second-order valence-electron chi connectivity index (χ2n) is 8.21. The van der Waals surface area contributed by atoms with Crippen LogP contribution in [0.2, 0.25) is 0 Å². The number of hydrogen-bond donors (Lipinski definition) is 2. The SMILES string of the molecule is Cc1ccc(S(=O)(=O)NCC2CCCN(CC(=O)Nc3ccc(C)c([N+](=O)[O-])c3)C2)cc1. The average Bonchev–Trinajstić information content (AvgIpc) is 2.74. The molecule has 2 aromatic rings. The largest absolute Gasteiger partial charge is 0.325 e. The number of nitrogens with zero attached hydrogens (tertiary/aromatic N) is 2. The first-order valence-corrected chi connectivity index (χ1v) is 12.0. The zero-order chi connectivity index (χ0) is 23.3. The van der Waals surface area contributed by atoms with Crippen molar-refractivity contribution in [2.45, 2.75) is 31.6 Å². The van der Waals surface area contributed by atoms with Crippen LogP contribution in [-0.4, -0.2) is 50.3 Å². The van der Waals surface area contributed by atoms with Crippen molar-refractivity contribution in [2.75, 3.05) is 31.5 Å². The number of nitro groups is 1. The van der Waals surface area contributed by atoms with Crippen LogP contribution in [0.1, 0.15) is 24.0 Å². The predicted molar refractivity (Wildman–Crippen MR) is 122 cm³/mol. The summed E-state index contributed by atoms with van der Waals surface area (Å²) in [5, 5.41) is 13.8. The van der Waals surface area contributed by atoms with Gasteiger partial charge in [-0.15, -0.1) is 0 Å². The highest BCUT2D eigenvalue weighted by molar-refractivity contribution is 7.89. The maximum Gasteiger partial charge on any atom is 0.274 e. The van der Waals surface area contributed by atoms with Crippen LogP contribution in [0.3, 0.4) is 0 Å². The standard InChI is InChI=1S/C22H28N4O5S/c1-16-5-9-20(10-6-16)32(30,31)23-13-18-4-3-11-25(14-18)15-22(27)24-19-8-7-17(2)21(12-19)26(28)29/h5-10,12,18,23H,3-4,11,13-15H2,1-2H3,(H,24,27). The first kappa shape index (κ1) is 23.8. The third-order valence-corrected chi connectivity index (χ3v) is 6.99. The van der Waals surface area contributed by atoms with Crippen molar-refractivity contribution < 1.29 is 18.1 Å². The van der Waals surface area contributed by atoms with Gasteiger partial charge in [0.1, 0.15) is 0 Å². The Morgan fingerprint density at radius 3 is 2.59 bits per heavy atom. The number of piperidine rings is 1. The molecule has 2 aromatic carbocycles. The summed E-state index contributed by atoms with van der Waals surface area (Å²) in [5.41, 5.74) is 1.86. The fourth-order valence-electron chi connectivity index (χ4n) is 3.78. The molecule has 1 fully saturated rings. The number of carbonyl (C=O) groups is 1. The average molecular weight is 461 g/mol. The number of amides is 1. The van der Waals surface area contributed by atoms with Gasteiger partial charge in [0, 0.05) is 30.4 Å². The Labute approximate surface area is 188 Å². The van der Waals surface area contributed by atoms with Crippen LogP contribution in [0.5, 0.6) is 0 Å². The molecule has 0 radical (unpaired) electrons. The van der Waals surface area contributed by atoms with Crippen LogP contribution in [0.25, 0.3) is 0 Å². The lowest BCUT2D eigenvalue weighted by atomic mass is 9.98. The minimum absolute atomic E-state index is 0.0401. The van der Waals surface area contributed by atoms with E-state index in [9.17, 15) is 23.3 Å². The molecule has 10 heteroatoms. The van der Waals surface area contributed by atoms with Crippen LogP contribution < -0.4 is 10.0 Å². The molecule has 1 heterocycles. The lowest BCUT2D eigenvalue weighted by molar-refractivity contribution is -0.385. The smallest absolute Gasteiger partial charge is 0.274 e. The molecule has 1 unspecified atom stereocenters. The highest BCUT2D eigenvalue weighted by Gasteiger charge is 2.24. The molecular formula is C22H28N4O5S. The zero-order valence-electron chi connectivity index (χ0n) is 18.2. The molecule has 9 nitrogen and oxygen atoms in total. The Bertz CT molecular complexity index is 1090. The Kier molecular flexibility index (Phi) is 7.60. The molecule has 1 saturated heterocycles. The summed E-state index contributed by atoms with van der Waals surface area (Å²) in [6, 6.07) is 11.3. The summed E-state index contributed by atoms with van der Waals surface area (Å²) < 4.78 is 27.7. The maximum atomic E-state index is 12.5. The minimum atomic E-state index is -3.58. The van der Waals surface area contributed by atoms with Crippen LogP contribution in [0, 0.1) is 29.9 Å². The number of sulfonamides is 1. The van der Waals surface area contributed by atoms with Crippen LogP contribution in [0.4, 0.5) is 11.4 Å². The van der Waals surface area contributed by atoms with E-state index >= 15 is 0 Å². The lowest BCUT2D eigenvalue weighted by Crippen LogP contribution is -2.43. The predicted octanol–water partition coefficient (Wildman–Crippen LogP) is 2.84. The Morgan fingerprint density at radius 2 is 1.91 bits per heavy atom. The molecule has 0 saturated carbocycles. The maximum absolute atomic E-state index is 12.5. The van der Waals surface area contributed by atoms with E-state index < -0.39 is 14.9 Å². The topological polar surface area (TPSA) is 122 Å². The molecule has 172 valence electrons. The van der Waals surface area contributed by atoms with Crippen molar-refractivity contribution in [3.05, 3.63) is 63.7 Å². The third kappa shape index (κ3) is 6.35. The lowest BCUT2D eigenvalue weighted by Gasteiger charge is -2.32. The van der Waals surface area contributed by atoms with Gasteiger partial charge in [0.15, 0.2) is 0 Å². The van der Waals surface area contributed by atoms with Gasteiger partial charge in [-0.2, -0.15) is 0 Å². The number of aryl methyl sites for hydroxylation is 2. The number of hydrogen-bond acceptors (Lipinski definition) is 6. The van der Waals surface area contributed by atoms with Crippen molar-refractivity contribution >= 4 is 27.3 Å². The second-order valence-corrected chi connectivity index (χ2v) is 9.98. The number of anilines is 1. The van der Waals surface area contributed by atoms with Crippen LogP contribution in [0.15, 0.2) is 47.4 Å². The number of likely N-dealkylation sites (tertiary alicyclic amines) is 1. The molecule has 3 rings (SSSR count). The van der Waals surface area contributed by atoms with Crippen molar-refractivity contribution in [1.29, 1.82) is 0 Å². The Hall–Kier alpha value is -2.82. The van der Waals surface area contributed by atoms with E-state index in [-0.39, 0.29) is 29.0 Å². The van der Waals surface area contributed by atoms with Gasteiger partial charge in [0.2, 0.25) is 15.9 Å². The summed E-state index contributed by atoms with van der Waals surface area (Å²) in [7, 11) is -3.58. The van der Waals surface area contributed by atoms with E-state index in [1.807, 2.05) is 11.8 Å². The number of rotatable bonds is 8. The number of benzene rings is 2.